The van der Waals surface area contributed by atoms with E-state index in [0.717, 1.165) is 25.2 Å². The van der Waals surface area contributed by atoms with E-state index in [2.05, 4.69) is 20.8 Å². The summed E-state index contributed by atoms with van der Waals surface area (Å²) in [7, 11) is 0. The molecule has 12 heavy (non-hydrogen) atoms. The first-order valence-electron chi connectivity index (χ1n) is 5.24. The van der Waals surface area contributed by atoms with Crippen molar-refractivity contribution >= 4 is 0 Å². The second-order valence-electron chi connectivity index (χ2n) is 5.00. The van der Waals surface area contributed by atoms with Gasteiger partial charge in [-0.2, -0.15) is 0 Å². The summed E-state index contributed by atoms with van der Waals surface area (Å²) in [5.41, 5.74) is -0.319. The molecule has 0 amide bonds. The third kappa shape index (κ3) is 2.78. The summed E-state index contributed by atoms with van der Waals surface area (Å²) in [5, 5.41) is 10.2. The van der Waals surface area contributed by atoms with Crippen LogP contribution in [0.3, 0.4) is 0 Å². The first-order chi connectivity index (χ1) is 5.52. The highest BCUT2D eigenvalue weighted by atomic mass is 16.3. The standard InChI is InChI=1S/C11H22O/c1-9(2)8-11(12)6-4-10(3)5-7-11/h9-10,12H,4-8H2,1-3H3/t10-,11+. The fraction of sp³-hybridized carbons (Fsp3) is 1.00. The molecule has 0 heterocycles. The summed E-state index contributed by atoms with van der Waals surface area (Å²) in [6, 6.07) is 0. The third-order valence-electron chi connectivity index (χ3n) is 2.99. The second-order valence-corrected chi connectivity index (χ2v) is 5.00. The van der Waals surface area contributed by atoms with Crippen LogP contribution in [-0.2, 0) is 0 Å². The van der Waals surface area contributed by atoms with Gasteiger partial charge in [0.25, 0.3) is 0 Å². The normalized spacial score (nSPS) is 37.2. The van der Waals surface area contributed by atoms with Crippen LogP contribution in [0.1, 0.15) is 52.9 Å². The molecule has 1 saturated carbocycles. The van der Waals surface area contributed by atoms with Gasteiger partial charge in [0, 0.05) is 0 Å². The van der Waals surface area contributed by atoms with E-state index in [0.29, 0.717) is 5.92 Å². The molecule has 0 unspecified atom stereocenters. The molecule has 1 aliphatic carbocycles. The van der Waals surface area contributed by atoms with Gasteiger partial charge in [-0.05, 0) is 43.9 Å². The van der Waals surface area contributed by atoms with Gasteiger partial charge in [-0.3, -0.25) is 0 Å². The molecule has 72 valence electrons. The van der Waals surface area contributed by atoms with Gasteiger partial charge in [-0.1, -0.05) is 20.8 Å². The Labute approximate surface area is 76.2 Å². The van der Waals surface area contributed by atoms with Gasteiger partial charge in [0.05, 0.1) is 5.60 Å². The minimum atomic E-state index is -0.319. The summed E-state index contributed by atoms with van der Waals surface area (Å²) in [4.78, 5) is 0. The number of hydrogen-bond acceptors (Lipinski definition) is 1. The molecule has 0 aromatic rings. The summed E-state index contributed by atoms with van der Waals surface area (Å²) in [6.45, 7) is 6.67. The highest BCUT2D eigenvalue weighted by Crippen LogP contribution is 2.35. The zero-order valence-corrected chi connectivity index (χ0v) is 8.64. The molecule has 0 bridgehead atoms. The van der Waals surface area contributed by atoms with Gasteiger partial charge >= 0.3 is 0 Å². The molecule has 1 rings (SSSR count). The molecule has 1 heteroatoms. The van der Waals surface area contributed by atoms with Gasteiger partial charge < -0.3 is 5.11 Å². The summed E-state index contributed by atoms with van der Waals surface area (Å²) in [6.07, 6.45) is 5.45. The maximum atomic E-state index is 10.2. The molecule has 1 nitrogen and oxygen atoms in total. The number of hydrogen-bond donors (Lipinski definition) is 1. The lowest BCUT2D eigenvalue weighted by Gasteiger charge is -2.36. The van der Waals surface area contributed by atoms with Crippen LogP contribution >= 0.6 is 0 Å². The predicted molar refractivity (Wildman–Crippen MR) is 52.0 cm³/mol. The monoisotopic (exact) mass is 170 g/mol. The van der Waals surface area contributed by atoms with E-state index in [4.69, 9.17) is 0 Å². The van der Waals surface area contributed by atoms with Gasteiger partial charge in [0.1, 0.15) is 0 Å². The molecule has 0 atom stereocenters. The Hall–Kier alpha value is -0.0400. The number of aliphatic hydroxyl groups is 1. The first-order valence-corrected chi connectivity index (χ1v) is 5.24. The van der Waals surface area contributed by atoms with Gasteiger partial charge in [0.2, 0.25) is 0 Å². The van der Waals surface area contributed by atoms with Crippen molar-refractivity contribution in [1.82, 2.24) is 0 Å². The fourth-order valence-electron chi connectivity index (χ4n) is 2.26. The zero-order valence-electron chi connectivity index (χ0n) is 8.64. The molecule has 1 fully saturated rings. The Bertz CT molecular complexity index is 132. The van der Waals surface area contributed by atoms with Crippen LogP contribution in [-0.4, -0.2) is 10.7 Å². The lowest BCUT2D eigenvalue weighted by Crippen LogP contribution is -2.34. The minimum Gasteiger partial charge on any atom is -0.390 e. The summed E-state index contributed by atoms with van der Waals surface area (Å²) < 4.78 is 0. The lowest BCUT2D eigenvalue weighted by atomic mass is 9.76. The molecular weight excluding hydrogens is 148 g/mol. The Morgan fingerprint density at radius 2 is 1.83 bits per heavy atom. The van der Waals surface area contributed by atoms with Gasteiger partial charge in [-0.25, -0.2) is 0 Å². The Morgan fingerprint density at radius 3 is 2.25 bits per heavy atom. The summed E-state index contributed by atoms with van der Waals surface area (Å²) in [5.74, 6) is 1.46. The molecule has 1 aliphatic rings. The zero-order chi connectivity index (χ0) is 9.19. The Balaban J connectivity index is 2.39. The molecular formula is C11H22O. The first kappa shape index (κ1) is 10.0. The molecule has 0 aromatic carbocycles. The quantitative estimate of drug-likeness (QED) is 0.675. The molecule has 0 aromatic heterocycles. The smallest absolute Gasteiger partial charge is 0.0650 e. The van der Waals surface area contributed by atoms with Crippen molar-refractivity contribution in [3.05, 3.63) is 0 Å². The largest absolute Gasteiger partial charge is 0.390 e. The van der Waals surface area contributed by atoms with Crippen LogP contribution < -0.4 is 0 Å². The van der Waals surface area contributed by atoms with Crippen LogP contribution in [0.15, 0.2) is 0 Å². The highest BCUT2D eigenvalue weighted by Gasteiger charge is 2.31. The summed E-state index contributed by atoms with van der Waals surface area (Å²) >= 11 is 0. The van der Waals surface area contributed by atoms with E-state index < -0.39 is 0 Å². The van der Waals surface area contributed by atoms with Crippen molar-refractivity contribution in [2.24, 2.45) is 11.8 Å². The van der Waals surface area contributed by atoms with E-state index in [1.54, 1.807) is 0 Å². The highest BCUT2D eigenvalue weighted by molar-refractivity contribution is 4.84. The number of rotatable bonds is 2. The maximum Gasteiger partial charge on any atom is 0.0650 e. The average molecular weight is 170 g/mol. The molecule has 0 aliphatic heterocycles. The van der Waals surface area contributed by atoms with Crippen molar-refractivity contribution in [2.45, 2.75) is 58.5 Å². The van der Waals surface area contributed by atoms with E-state index >= 15 is 0 Å². The van der Waals surface area contributed by atoms with Crippen molar-refractivity contribution in [1.29, 1.82) is 0 Å². The SMILES string of the molecule is CC(C)C[C@]1(O)CC[C@@H](C)CC1. The van der Waals surface area contributed by atoms with Crippen molar-refractivity contribution in [3.63, 3.8) is 0 Å². The van der Waals surface area contributed by atoms with E-state index in [1.807, 2.05) is 0 Å². The molecule has 0 saturated heterocycles. The molecule has 1 N–H and O–H groups in total. The van der Waals surface area contributed by atoms with E-state index in [-0.39, 0.29) is 5.60 Å². The lowest BCUT2D eigenvalue weighted by molar-refractivity contribution is -0.0239. The second kappa shape index (κ2) is 3.78. The van der Waals surface area contributed by atoms with Crippen LogP contribution in [0.5, 0.6) is 0 Å². The topological polar surface area (TPSA) is 20.2 Å². The van der Waals surface area contributed by atoms with Crippen LogP contribution in [0.2, 0.25) is 0 Å². The third-order valence-corrected chi connectivity index (χ3v) is 2.99. The van der Waals surface area contributed by atoms with E-state index in [9.17, 15) is 5.11 Å². The van der Waals surface area contributed by atoms with Crippen molar-refractivity contribution in [3.8, 4) is 0 Å². The van der Waals surface area contributed by atoms with Crippen molar-refractivity contribution in [2.75, 3.05) is 0 Å². The van der Waals surface area contributed by atoms with Crippen LogP contribution in [0.25, 0.3) is 0 Å². The molecule has 0 spiro atoms. The van der Waals surface area contributed by atoms with E-state index in [1.165, 1.54) is 12.8 Å². The average Bonchev–Trinajstić information content (AvgIpc) is 1.94. The Morgan fingerprint density at radius 1 is 1.33 bits per heavy atom. The minimum absolute atomic E-state index is 0.319. The molecule has 0 radical (unpaired) electrons. The fourth-order valence-corrected chi connectivity index (χ4v) is 2.26. The Kier molecular flexibility index (Phi) is 3.16. The van der Waals surface area contributed by atoms with Gasteiger partial charge in [-0.15, -0.1) is 0 Å². The van der Waals surface area contributed by atoms with Gasteiger partial charge in [0.15, 0.2) is 0 Å². The van der Waals surface area contributed by atoms with Crippen molar-refractivity contribution < 1.29 is 5.11 Å². The maximum absolute atomic E-state index is 10.2. The predicted octanol–water partition coefficient (Wildman–Crippen LogP) is 2.97. The van der Waals surface area contributed by atoms with Crippen LogP contribution in [0.4, 0.5) is 0 Å². The van der Waals surface area contributed by atoms with Crippen LogP contribution in [0, 0.1) is 11.8 Å².